The molecule has 0 spiro atoms. The topological polar surface area (TPSA) is 59.1 Å². The fraction of sp³-hybridized carbons (Fsp3) is 0.280. The molecule has 2 heterocycles. The zero-order valence-corrected chi connectivity index (χ0v) is 19.2. The highest BCUT2D eigenvalue weighted by Gasteiger charge is 2.40. The quantitative estimate of drug-likeness (QED) is 0.598. The highest BCUT2D eigenvalue weighted by Crippen LogP contribution is 2.46. The van der Waals surface area contributed by atoms with Crippen LogP contribution in [-0.2, 0) is 16.4 Å². The Balaban J connectivity index is 1.64. The summed E-state index contributed by atoms with van der Waals surface area (Å²) >= 11 is 0. The molecule has 1 atom stereocenters. The van der Waals surface area contributed by atoms with E-state index in [1.165, 1.54) is 9.87 Å². The summed E-state index contributed by atoms with van der Waals surface area (Å²) in [7, 11) is -0.420. The summed E-state index contributed by atoms with van der Waals surface area (Å²) in [6, 6.07) is 18.9. The second-order valence-electron chi connectivity index (χ2n) is 8.24. The number of ether oxygens (including phenoxy) is 2. The van der Waals surface area contributed by atoms with E-state index in [0.717, 1.165) is 35.3 Å². The van der Waals surface area contributed by atoms with Gasteiger partial charge in [-0.25, -0.2) is 8.42 Å². The van der Waals surface area contributed by atoms with E-state index in [1.807, 2.05) is 55.5 Å². The minimum Gasteiger partial charge on any atom is -0.493 e. The van der Waals surface area contributed by atoms with Gasteiger partial charge in [0.1, 0.15) is 0 Å². The fourth-order valence-corrected chi connectivity index (χ4v) is 6.20. The predicted octanol–water partition coefficient (Wildman–Crippen LogP) is 4.13. The van der Waals surface area contributed by atoms with Crippen molar-refractivity contribution < 1.29 is 17.9 Å². The number of hydrogen-bond acceptors (Lipinski definition) is 5. The molecule has 3 aromatic carbocycles. The smallest absolute Gasteiger partial charge is 0.265 e. The molecular weight excluding hydrogens is 424 g/mol. The Bertz CT molecular complexity index is 1270. The van der Waals surface area contributed by atoms with Crippen molar-refractivity contribution in [3.8, 4) is 11.5 Å². The molecule has 0 saturated heterocycles. The first-order valence-electron chi connectivity index (χ1n) is 10.6. The van der Waals surface area contributed by atoms with E-state index in [1.54, 1.807) is 26.4 Å². The van der Waals surface area contributed by atoms with Crippen molar-refractivity contribution in [2.24, 2.45) is 0 Å². The van der Waals surface area contributed by atoms with Gasteiger partial charge in [0.15, 0.2) is 11.5 Å². The number of aryl methyl sites for hydroxylation is 1. The van der Waals surface area contributed by atoms with Crippen molar-refractivity contribution in [2.45, 2.75) is 24.3 Å². The molecule has 0 fully saturated rings. The molecule has 32 heavy (non-hydrogen) atoms. The van der Waals surface area contributed by atoms with Crippen LogP contribution in [0.15, 0.2) is 65.6 Å². The first-order chi connectivity index (χ1) is 15.4. The van der Waals surface area contributed by atoms with Gasteiger partial charge in [-0.2, -0.15) is 0 Å². The Morgan fingerprint density at radius 2 is 1.59 bits per heavy atom. The van der Waals surface area contributed by atoms with Gasteiger partial charge < -0.3 is 9.47 Å². The zero-order chi connectivity index (χ0) is 22.5. The lowest BCUT2D eigenvalue weighted by Crippen LogP contribution is -2.50. The summed E-state index contributed by atoms with van der Waals surface area (Å²) in [5.41, 5.74) is 5.06. The van der Waals surface area contributed by atoms with Gasteiger partial charge in [0.25, 0.3) is 10.0 Å². The first-order valence-corrected chi connectivity index (χ1v) is 12.0. The maximum absolute atomic E-state index is 13.6. The van der Waals surface area contributed by atoms with E-state index in [2.05, 4.69) is 4.90 Å². The van der Waals surface area contributed by atoms with Crippen molar-refractivity contribution >= 4 is 15.7 Å². The summed E-state index contributed by atoms with van der Waals surface area (Å²) in [5, 5.41) is 0. The number of rotatable bonds is 4. The minimum absolute atomic E-state index is 0.0424. The van der Waals surface area contributed by atoms with Crippen LogP contribution < -0.4 is 13.8 Å². The number of anilines is 1. The monoisotopic (exact) mass is 450 g/mol. The van der Waals surface area contributed by atoms with Crippen molar-refractivity contribution in [3.63, 3.8) is 0 Å². The molecule has 2 aliphatic rings. The molecule has 0 N–H and O–H groups in total. The maximum atomic E-state index is 13.6. The Labute approximate surface area is 189 Å². The van der Waals surface area contributed by atoms with E-state index in [9.17, 15) is 8.42 Å². The molecule has 0 unspecified atom stereocenters. The van der Waals surface area contributed by atoms with Gasteiger partial charge in [-0.3, -0.25) is 9.21 Å². The number of sulfonamides is 1. The predicted molar refractivity (Wildman–Crippen MR) is 124 cm³/mol. The molecule has 0 bridgehead atoms. The van der Waals surface area contributed by atoms with E-state index in [-0.39, 0.29) is 6.04 Å². The number of fused-ring (bicyclic) bond motifs is 5. The van der Waals surface area contributed by atoms with E-state index in [4.69, 9.17) is 9.47 Å². The van der Waals surface area contributed by atoms with Crippen molar-refractivity contribution in [1.29, 1.82) is 0 Å². The molecule has 6 nitrogen and oxygen atoms in total. The molecule has 0 amide bonds. The lowest BCUT2D eigenvalue weighted by atomic mass is 9.86. The summed E-state index contributed by atoms with van der Waals surface area (Å²) < 4.78 is 39.9. The van der Waals surface area contributed by atoms with Crippen LogP contribution in [0.1, 0.15) is 28.3 Å². The number of nitrogens with zero attached hydrogens (tertiary/aromatic N) is 2. The molecule has 3 aromatic rings. The van der Waals surface area contributed by atoms with Crippen LogP contribution in [0, 0.1) is 6.92 Å². The summed E-state index contributed by atoms with van der Waals surface area (Å²) in [6.45, 7) is 3.00. The highest BCUT2D eigenvalue weighted by molar-refractivity contribution is 7.92. The summed E-state index contributed by atoms with van der Waals surface area (Å²) in [5.74, 6) is 1.40. The number of para-hydroxylation sites is 1. The van der Waals surface area contributed by atoms with Gasteiger partial charge in [-0.15, -0.1) is 0 Å². The maximum Gasteiger partial charge on any atom is 0.265 e. The molecule has 0 saturated carbocycles. The van der Waals surface area contributed by atoms with E-state index < -0.39 is 10.0 Å². The van der Waals surface area contributed by atoms with Crippen LogP contribution in [0.5, 0.6) is 11.5 Å². The van der Waals surface area contributed by atoms with Gasteiger partial charge in [0, 0.05) is 6.54 Å². The van der Waals surface area contributed by atoms with Crippen LogP contribution in [0.3, 0.4) is 0 Å². The van der Waals surface area contributed by atoms with Gasteiger partial charge >= 0.3 is 0 Å². The van der Waals surface area contributed by atoms with Crippen molar-refractivity contribution in [3.05, 3.63) is 82.9 Å². The van der Waals surface area contributed by atoms with Crippen molar-refractivity contribution in [2.75, 3.05) is 31.7 Å². The molecule has 7 heteroatoms. The Kier molecular flexibility index (Phi) is 5.10. The molecule has 5 rings (SSSR count). The molecular formula is C25H26N2O4S. The van der Waals surface area contributed by atoms with Crippen LogP contribution in [0.25, 0.3) is 0 Å². The van der Waals surface area contributed by atoms with E-state index >= 15 is 0 Å². The third kappa shape index (κ3) is 3.24. The molecule has 0 radical (unpaired) electrons. The largest absolute Gasteiger partial charge is 0.493 e. The Morgan fingerprint density at radius 1 is 0.906 bits per heavy atom. The van der Waals surface area contributed by atoms with E-state index in [0.29, 0.717) is 23.1 Å². The summed E-state index contributed by atoms with van der Waals surface area (Å²) in [6.07, 6.45) is 0.812. The van der Waals surface area contributed by atoms with Crippen LogP contribution in [-0.4, -0.2) is 40.8 Å². The number of hydrogen-bond donors (Lipinski definition) is 0. The van der Waals surface area contributed by atoms with Gasteiger partial charge in [0.05, 0.1) is 37.5 Å². The van der Waals surface area contributed by atoms with Crippen molar-refractivity contribution in [1.82, 2.24) is 4.90 Å². The third-order valence-electron chi connectivity index (χ3n) is 6.39. The van der Waals surface area contributed by atoms with Gasteiger partial charge in [-0.05, 0) is 60.4 Å². The molecule has 0 aromatic heterocycles. The Morgan fingerprint density at radius 3 is 2.31 bits per heavy atom. The van der Waals surface area contributed by atoms with Crippen LogP contribution >= 0.6 is 0 Å². The van der Waals surface area contributed by atoms with Gasteiger partial charge in [0.2, 0.25) is 0 Å². The minimum atomic E-state index is -3.70. The zero-order valence-electron chi connectivity index (χ0n) is 18.4. The average molecular weight is 451 g/mol. The molecule has 166 valence electrons. The second kappa shape index (κ2) is 7.83. The average Bonchev–Trinajstić information content (AvgIpc) is 2.82. The van der Waals surface area contributed by atoms with Crippen LogP contribution in [0.2, 0.25) is 0 Å². The highest BCUT2D eigenvalue weighted by atomic mass is 32.2. The SMILES string of the molecule is COc1cc2c(cc1OC)[C@H]1c3ccccc3N(S(=O)(=O)c3ccc(C)cc3)CN1CC2. The number of benzene rings is 3. The number of methoxy groups -OCH3 is 2. The Hall–Kier alpha value is -3.03. The lowest BCUT2D eigenvalue weighted by Gasteiger charge is -2.46. The molecule has 2 aliphatic heterocycles. The normalized spacial score (nSPS) is 17.8. The molecule has 0 aliphatic carbocycles. The lowest BCUT2D eigenvalue weighted by molar-refractivity contribution is 0.210. The van der Waals surface area contributed by atoms with Gasteiger partial charge in [-0.1, -0.05) is 35.9 Å². The second-order valence-corrected chi connectivity index (χ2v) is 10.1. The first kappa shape index (κ1) is 20.8. The summed E-state index contributed by atoms with van der Waals surface area (Å²) in [4.78, 5) is 2.53. The standard InChI is InChI=1S/C25H26N2O4S/c1-17-8-10-19(11-9-17)32(28,29)27-16-26-13-12-18-14-23(30-2)24(31-3)15-21(18)25(26)20-6-4-5-7-22(20)27/h4-11,14-15,25H,12-13,16H2,1-3H3/t25-/m1/s1. The fourth-order valence-electron chi connectivity index (χ4n) is 4.74. The van der Waals surface area contributed by atoms with Crippen LogP contribution in [0.4, 0.5) is 5.69 Å². The third-order valence-corrected chi connectivity index (χ3v) is 8.15.